The number of benzene rings is 2. The number of para-hydroxylation sites is 2. The topological polar surface area (TPSA) is 67.2 Å². The molecule has 28 heavy (non-hydrogen) atoms. The van der Waals surface area contributed by atoms with E-state index in [0.29, 0.717) is 12.4 Å². The van der Waals surface area contributed by atoms with Crippen LogP contribution in [0.5, 0.6) is 0 Å². The molecule has 3 aromatic rings. The third kappa shape index (κ3) is 3.57. The molecule has 1 aliphatic heterocycles. The molecule has 6 nitrogen and oxygen atoms in total. The summed E-state index contributed by atoms with van der Waals surface area (Å²) in [6.07, 6.45) is 2.86. The van der Waals surface area contributed by atoms with Crippen molar-refractivity contribution in [3.63, 3.8) is 0 Å². The maximum absolute atomic E-state index is 13.3. The molecule has 1 aliphatic rings. The van der Waals surface area contributed by atoms with E-state index in [1.807, 2.05) is 73.1 Å². The van der Waals surface area contributed by atoms with Crippen LogP contribution in [0.2, 0.25) is 0 Å². The molecule has 0 bridgehead atoms. The van der Waals surface area contributed by atoms with Crippen LogP contribution in [0, 0.1) is 0 Å². The van der Waals surface area contributed by atoms with Crippen LogP contribution in [0.15, 0.2) is 54.6 Å². The number of hydrogen-bond acceptors (Lipinski definition) is 3. The number of piperidine rings is 1. The molecule has 7 heteroatoms. The zero-order chi connectivity index (χ0) is 19.7. The average Bonchev–Trinajstić information content (AvgIpc) is 3.04. The third-order valence-corrected chi connectivity index (χ3v) is 7.22. The molecule has 2 atom stereocenters. The van der Waals surface area contributed by atoms with Gasteiger partial charge >= 0.3 is 0 Å². The predicted octanol–water partition coefficient (Wildman–Crippen LogP) is 3.37. The minimum atomic E-state index is -3.65. The second-order valence-electron chi connectivity index (χ2n) is 7.44. The number of nitrogens with one attached hydrogen (secondary N) is 1. The van der Waals surface area contributed by atoms with Crippen LogP contribution in [0.3, 0.4) is 0 Å². The van der Waals surface area contributed by atoms with Gasteiger partial charge in [-0.05, 0) is 37.5 Å². The number of nitrogens with zero attached hydrogens (tertiary/aromatic N) is 3. The van der Waals surface area contributed by atoms with Crippen molar-refractivity contribution < 1.29 is 8.42 Å². The summed E-state index contributed by atoms with van der Waals surface area (Å²) in [5, 5.41) is 0. The first kappa shape index (κ1) is 19.1. The standard InChI is InChI=1S/C21H26N4O2S/c1-16-10-8-9-15-25(16)28(26,27)23-20(17-11-4-3-5-12-17)21-22-18-13-6-7-14-19(18)24(21)2/h3-7,11-14,16,20,23H,8-10,15H2,1-2H3/t16-,20-/m0/s1. The summed E-state index contributed by atoms with van der Waals surface area (Å²) in [6.45, 7) is 2.53. The van der Waals surface area contributed by atoms with Crippen molar-refractivity contribution in [2.24, 2.45) is 7.05 Å². The molecule has 0 saturated carbocycles. The monoisotopic (exact) mass is 398 g/mol. The molecule has 1 saturated heterocycles. The Labute approximate surface area is 166 Å². The zero-order valence-corrected chi connectivity index (χ0v) is 17.1. The van der Waals surface area contributed by atoms with E-state index in [1.165, 1.54) is 0 Å². The number of imidazole rings is 1. The van der Waals surface area contributed by atoms with Gasteiger partial charge in [-0.2, -0.15) is 17.4 Å². The molecule has 2 heterocycles. The summed E-state index contributed by atoms with van der Waals surface area (Å²) in [5.74, 6) is 0.681. The Morgan fingerprint density at radius 1 is 1.07 bits per heavy atom. The minimum Gasteiger partial charge on any atom is -0.329 e. The van der Waals surface area contributed by atoms with Gasteiger partial charge in [0.05, 0.1) is 11.0 Å². The predicted molar refractivity (Wildman–Crippen MR) is 111 cm³/mol. The summed E-state index contributed by atoms with van der Waals surface area (Å²) in [7, 11) is -1.72. The third-order valence-electron chi connectivity index (χ3n) is 5.53. The maximum atomic E-state index is 13.3. The summed E-state index contributed by atoms with van der Waals surface area (Å²) >= 11 is 0. The number of aromatic nitrogens is 2. The van der Waals surface area contributed by atoms with Gasteiger partial charge in [-0.1, -0.05) is 48.9 Å². The fourth-order valence-corrected chi connectivity index (χ4v) is 5.61. The van der Waals surface area contributed by atoms with E-state index in [-0.39, 0.29) is 6.04 Å². The van der Waals surface area contributed by atoms with Gasteiger partial charge in [0.2, 0.25) is 0 Å². The normalized spacial score (nSPS) is 19.7. The van der Waals surface area contributed by atoms with Gasteiger partial charge in [0.1, 0.15) is 11.9 Å². The van der Waals surface area contributed by atoms with Crippen molar-refractivity contribution in [3.05, 3.63) is 66.0 Å². The molecule has 1 aromatic heterocycles. The Balaban J connectivity index is 1.77. The van der Waals surface area contributed by atoms with Crippen LogP contribution < -0.4 is 4.72 Å². The lowest BCUT2D eigenvalue weighted by atomic mass is 10.1. The van der Waals surface area contributed by atoms with Gasteiger partial charge in [0.25, 0.3) is 10.2 Å². The van der Waals surface area contributed by atoms with Crippen molar-refractivity contribution in [1.82, 2.24) is 18.6 Å². The first-order valence-electron chi connectivity index (χ1n) is 9.73. The molecule has 148 valence electrons. The second kappa shape index (κ2) is 7.66. The average molecular weight is 399 g/mol. The molecule has 0 amide bonds. The number of aryl methyl sites for hydroxylation is 1. The fourth-order valence-electron chi connectivity index (χ4n) is 3.98. The van der Waals surface area contributed by atoms with Gasteiger partial charge in [-0.15, -0.1) is 0 Å². The van der Waals surface area contributed by atoms with E-state index in [2.05, 4.69) is 4.72 Å². The summed E-state index contributed by atoms with van der Waals surface area (Å²) in [5.41, 5.74) is 2.70. The first-order chi connectivity index (χ1) is 13.5. The molecule has 0 unspecified atom stereocenters. The van der Waals surface area contributed by atoms with Gasteiger partial charge < -0.3 is 4.57 Å². The van der Waals surface area contributed by atoms with E-state index < -0.39 is 16.3 Å². The Kier molecular flexibility index (Phi) is 5.23. The van der Waals surface area contributed by atoms with Gasteiger partial charge in [-0.3, -0.25) is 0 Å². The highest BCUT2D eigenvalue weighted by Gasteiger charge is 2.33. The molecule has 0 radical (unpaired) electrons. The lowest BCUT2D eigenvalue weighted by Gasteiger charge is -2.33. The largest absolute Gasteiger partial charge is 0.329 e. The lowest BCUT2D eigenvalue weighted by molar-refractivity contribution is 0.264. The van der Waals surface area contributed by atoms with Crippen LogP contribution in [0.1, 0.15) is 43.6 Å². The quantitative estimate of drug-likeness (QED) is 0.716. The fraction of sp³-hybridized carbons (Fsp3) is 0.381. The lowest BCUT2D eigenvalue weighted by Crippen LogP contribution is -2.49. The Bertz CT molecular complexity index is 1060. The first-order valence-corrected chi connectivity index (χ1v) is 11.2. The van der Waals surface area contributed by atoms with Gasteiger partial charge in [-0.25, -0.2) is 4.98 Å². The Hall–Kier alpha value is -2.22. The molecular formula is C21H26N4O2S. The van der Waals surface area contributed by atoms with Crippen LogP contribution in [0.25, 0.3) is 11.0 Å². The summed E-state index contributed by atoms with van der Waals surface area (Å²) in [4.78, 5) is 4.75. The molecule has 0 aliphatic carbocycles. The second-order valence-corrected chi connectivity index (χ2v) is 9.09. The van der Waals surface area contributed by atoms with E-state index >= 15 is 0 Å². The van der Waals surface area contributed by atoms with Crippen molar-refractivity contribution in [2.75, 3.05) is 6.54 Å². The highest BCUT2D eigenvalue weighted by molar-refractivity contribution is 7.87. The SMILES string of the molecule is C[C@H]1CCCCN1S(=O)(=O)N[C@@H](c1ccccc1)c1nc2ccccc2n1C. The van der Waals surface area contributed by atoms with Crippen molar-refractivity contribution in [2.45, 2.75) is 38.3 Å². The summed E-state index contributed by atoms with van der Waals surface area (Å²) < 4.78 is 33.0. The molecular weight excluding hydrogens is 372 g/mol. The van der Waals surface area contributed by atoms with E-state index in [9.17, 15) is 8.42 Å². The Morgan fingerprint density at radius 3 is 2.50 bits per heavy atom. The van der Waals surface area contributed by atoms with Crippen molar-refractivity contribution in [3.8, 4) is 0 Å². The van der Waals surface area contributed by atoms with Crippen LogP contribution in [-0.2, 0) is 17.3 Å². The van der Waals surface area contributed by atoms with Gasteiger partial charge in [0, 0.05) is 19.6 Å². The number of hydrogen-bond donors (Lipinski definition) is 1. The van der Waals surface area contributed by atoms with Crippen LogP contribution in [-0.4, -0.2) is 34.9 Å². The smallest absolute Gasteiger partial charge is 0.280 e. The van der Waals surface area contributed by atoms with Crippen LogP contribution in [0.4, 0.5) is 0 Å². The van der Waals surface area contributed by atoms with Crippen molar-refractivity contribution in [1.29, 1.82) is 0 Å². The minimum absolute atomic E-state index is 0.00289. The number of rotatable bonds is 5. The van der Waals surface area contributed by atoms with E-state index in [0.717, 1.165) is 35.9 Å². The molecule has 0 spiro atoms. The van der Waals surface area contributed by atoms with Gasteiger partial charge in [0.15, 0.2) is 0 Å². The zero-order valence-electron chi connectivity index (χ0n) is 16.2. The maximum Gasteiger partial charge on any atom is 0.280 e. The van der Waals surface area contributed by atoms with E-state index in [1.54, 1.807) is 4.31 Å². The number of fused-ring (bicyclic) bond motifs is 1. The molecule has 1 fully saturated rings. The molecule has 2 aromatic carbocycles. The highest BCUT2D eigenvalue weighted by atomic mass is 32.2. The highest BCUT2D eigenvalue weighted by Crippen LogP contribution is 2.27. The Morgan fingerprint density at radius 2 is 1.79 bits per heavy atom. The molecule has 4 rings (SSSR count). The molecule has 1 N–H and O–H groups in total. The summed E-state index contributed by atoms with van der Waals surface area (Å²) in [6, 6.07) is 16.9. The van der Waals surface area contributed by atoms with Crippen molar-refractivity contribution >= 4 is 21.2 Å². The van der Waals surface area contributed by atoms with E-state index in [4.69, 9.17) is 4.98 Å². The van der Waals surface area contributed by atoms with Crippen LogP contribution >= 0.6 is 0 Å².